The molecular weight excluding hydrogens is 426 g/mol. The van der Waals surface area contributed by atoms with E-state index >= 15 is 0 Å². The summed E-state index contributed by atoms with van der Waals surface area (Å²) in [7, 11) is 0. The SMILES string of the molecule is CC(C)(C)OC(=O)N[C@@H](CC(F)(F)CNC(=O)OCc1ccccc1)C(=O)OC(C)(C)C. The number of carbonyl (C=O) groups is 3. The van der Waals surface area contributed by atoms with Crippen LogP contribution in [0.1, 0.15) is 53.5 Å². The molecule has 32 heavy (non-hydrogen) atoms. The van der Waals surface area contributed by atoms with Crippen molar-refractivity contribution in [3.8, 4) is 0 Å². The lowest BCUT2D eigenvalue weighted by molar-refractivity contribution is -0.160. The van der Waals surface area contributed by atoms with E-state index in [1.165, 1.54) is 0 Å². The van der Waals surface area contributed by atoms with Gasteiger partial charge in [-0.15, -0.1) is 0 Å². The van der Waals surface area contributed by atoms with Crippen molar-refractivity contribution in [2.45, 2.75) is 77.7 Å². The number of alkyl carbamates (subject to hydrolysis) is 2. The van der Waals surface area contributed by atoms with E-state index in [-0.39, 0.29) is 6.61 Å². The summed E-state index contributed by atoms with van der Waals surface area (Å²) in [5.41, 5.74) is -1.16. The maximum absolute atomic E-state index is 14.5. The molecule has 1 rings (SSSR count). The molecule has 0 fully saturated rings. The van der Waals surface area contributed by atoms with E-state index in [2.05, 4.69) is 5.32 Å². The van der Waals surface area contributed by atoms with Crippen LogP contribution < -0.4 is 10.6 Å². The van der Waals surface area contributed by atoms with Crippen molar-refractivity contribution in [3.63, 3.8) is 0 Å². The van der Waals surface area contributed by atoms with Crippen LogP contribution in [0, 0.1) is 0 Å². The van der Waals surface area contributed by atoms with Crippen LogP contribution in [0.2, 0.25) is 0 Å². The highest BCUT2D eigenvalue weighted by molar-refractivity contribution is 5.81. The number of alkyl halides is 2. The van der Waals surface area contributed by atoms with Gasteiger partial charge in [-0.25, -0.2) is 23.2 Å². The van der Waals surface area contributed by atoms with Crippen LogP contribution in [-0.2, 0) is 25.6 Å². The topological polar surface area (TPSA) is 103 Å². The highest BCUT2D eigenvalue weighted by atomic mass is 19.3. The van der Waals surface area contributed by atoms with Crippen molar-refractivity contribution in [2.24, 2.45) is 0 Å². The summed E-state index contributed by atoms with van der Waals surface area (Å²) in [4.78, 5) is 36.2. The second-order valence-electron chi connectivity index (χ2n) is 9.21. The first-order valence-corrected chi connectivity index (χ1v) is 10.1. The predicted octanol–water partition coefficient (Wildman–Crippen LogP) is 4.17. The molecule has 0 saturated carbocycles. The van der Waals surface area contributed by atoms with E-state index in [1.54, 1.807) is 71.9 Å². The summed E-state index contributed by atoms with van der Waals surface area (Å²) < 4.78 is 44.1. The molecule has 8 nitrogen and oxygen atoms in total. The molecule has 10 heteroatoms. The van der Waals surface area contributed by atoms with E-state index in [0.29, 0.717) is 5.56 Å². The van der Waals surface area contributed by atoms with Gasteiger partial charge in [0, 0.05) is 6.42 Å². The molecule has 2 amide bonds. The number of nitrogens with one attached hydrogen (secondary N) is 2. The molecule has 0 bridgehead atoms. The molecule has 1 aromatic rings. The number of rotatable bonds is 8. The summed E-state index contributed by atoms with van der Waals surface area (Å²) in [5.74, 6) is -4.60. The van der Waals surface area contributed by atoms with Crippen LogP contribution in [0.15, 0.2) is 30.3 Å². The summed E-state index contributed by atoms with van der Waals surface area (Å²) >= 11 is 0. The van der Waals surface area contributed by atoms with E-state index in [1.807, 2.05) is 5.32 Å². The van der Waals surface area contributed by atoms with Crippen LogP contribution >= 0.6 is 0 Å². The van der Waals surface area contributed by atoms with Gasteiger partial charge in [0.2, 0.25) is 0 Å². The van der Waals surface area contributed by atoms with Gasteiger partial charge in [0.25, 0.3) is 5.92 Å². The summed E-state index contributed by atoms with van der Waals surface area (Å²) in [6.45, 7) is 8.29. The van der Waals surface area contributed by atoms with E-state index in [4.69, 9.17) is 14.2 Å². The summed E-state index contributed by atoms with van der Waals surface area (Å²) in [6, 6.07) is 7.03. The number of amides is 2. The number of hydrogen-bond donors (Lipinski definition) is 2. The second kappa shape index (κ2) is 11.1. The van der Waals surface area contributed by atoms with Crippen molar-refractivity contribution in [3.05, 3.63) is 35.9 Å². The van der Waals surface area contributed by atoms with Crippen molar-refractivity contribution in [1.82, 2.24) is 10.6 Å². The fraction of sp³-hybridized carbons (Fsp3) is 0.591. The largest absolute Gasteiger partial charge is 0.458 e. The highest BCUT2D eigenvalue weighted by Crippen LogP contribution is 2.22. The Hall–Kier alpha value is -2.91. The molecule has 0 aliphatic rings. The van der Waals surface area contributed by atoms with Gasteiger partial charge in [-0.2, -0.15) is 0 Å². The maximum Gasteiger partial charge on any atom is 0.408 e. The summed E-state index contributed by atoms with van der Waals surface area (Å²) in [5, 5.41) is 4.10. The average molecular weight is 459 g/mol. The molecule has 0 spiro atoms. The Morgan fingerprint density at radius 3 is 2.00 bits per heavy atom. The van der Waals surface area contributed by atoms with Gasteiger partial charge in [0.1, 0.15) is 23.9 Å². The van der Waals surface area contributed by atoms with Gasteiger partial charge in [-0.1, -0.05) is 30.3 Å². The monoisotopic (exact) mass is 458 g/mol. The standard InChI is InChI=1S/C22H32F2N2O6/c1-20(2,3)31-17(27)16(26-19(29)32-21(4,5)6)12-22(23,24)14-25-18(28)30-13-15-10-8-7-9-11-15/h7-11,16H,12-14H2,1-6H3,(H,25,28)(H,26,29)/t16-/m0/s1. The molecular formula is C22H32F2N2O6. The van der Waals surface area contributed by atoms with Gasteiger partial charge in [0.05, 0.1) is 6.54 Å². The lowest BCUT2D eigenvalue weighted by atomic mass is 10.1. The normalized spacial score (nSPS) is 13.0. The third-order valence-electron chi connectivity index (χ3n) is 3.59. The Kier molecular flexibility index (Phi) is 9.41. The Morgan fingerprint density at radius 1 is 0.906 bits per heavy atom. The molecule has 0 aromatic heterocycles. The van der Waals surface area contributed by atoms with Crippen LogP contribution in [0.3, 0.4) is 0 Å². The predicted molar refractivity (Wildman–Crippen MR) is 113 cm³/mol. The fourth-order valence-electron chi connectivity index (χ4n) is 2.36. The Balaban J connectivity index is 2.71. The lowest BCUT2D eigenvalue weighted by Gasteiger charge is -2.28. The van der Waals surface area contributed by atoms with Gasteiger partial charge in [0.15, 0.2) is 0 Å². The molecule has 0 saturated heterocycles. The Labute approximate surface area is 187 Å². The molecule has 1 aromatic carbocycles. The second-order valence-corrected chi connectivity index (χ2v) is 9.21. The van der Waals surface area contributed by atoms with E-state index in [0.717, 1.165) is 0 Å². The van der Waals surface area contributed by atoms with Crippen molar-refractivity contribution < 1.29 is 37.4 Å². The first-order valence-electron chi connectivity index (χ1n) is 10.1. The zero-order chi connectivity index (χ0) is 24.6. The molecule has 1 atom stereocenters. The quantitative estimate of drug-likeness (QED) is 0.448. The van der Waals surface area contributed by atoms with Crippen molar-refractivity contribution >= 4 is 18.2 Å². The minimum atomic E-state index is -3.55. The molecule has 180 valence electrons. The Bertz CT molecular complexity index is 773. The third kappa shape index (κ3) is 12.1. The van der Waals surface area contributed by atoms with Gasteiger partial charge in [-0.3, -0.25) is 0 Å². The van der Waals surface area contributed by atoms with Crippen LogP contribution in [-0.4, -0.2) is 47.9 Å². The van der Waals surface area contributed by atoms with Crippen molar-refractivity contribution in [1.29, 1.82) is 0 Å². The molecule has 0 aliphatic carbocycles. The summed E-state index contributed by atoms with van der Waals surface area (Å²) in [6.07, 6.45) is -3.19. The number of ether oxygens (including phenoxy) is 3. The van der Waals surface area contributed by atoms with Crippen LogP contribution in [0.5, 0.6) is 0 Å². The number of hydrogen-bond acceptors (Lipinski definition) is 6. The lowest BCUT2D eigenvalue weighted by Crippen LogP contribution is -2.50. The Morgan fingerprint density at radius 2 is 1.47 bits per heavy atom. The van der Waals surface area contributed by atoms with E-state index in [9.17, 15) is 23.2 Å². The van der Waals surface area contributed by atoms with Crippen LogP contribution in [0.25, 0.3) is 0 Å². The smallest absolute Gasteiger partial charge is 0.408 e. The first-order chi connectivity index (χ1) is 14.6. The minimum absolute atomic E-state index is 0.0843. The zero-order valence-corrected chi connectivity index (χ0v) is 19.3. The molecule has 2 N–H and O–H groups in total. The van der Waals surface area contributed by atoms with Gasteiger partial charge >= 0.3 is 18.2 Å². The number of halogens is 2. The maximum atomic E-state index is 14.5. The minimum Gasteiger partial charge on any atom is -0.458 e. The third-order valence-corrected chi connectivity index (χ3v) is 3.59. The molecule has 0 radical (unpaired) electrons. The molecule has 0 heterocycles. The van der Waals surface area contributed by atoms with Crippen LogP contribution in [0.4, 0.5) is 18.4 Å². The van der Waals surface area contributed by atoms with Crippen molar-refractivity contribution in [2.75, 3.05) is 6.54 Å². The van der Waals surface area contributed by atoms with E-state index < -0.39 is 54.3 Å². The first kappa shape index (κ1) is 27.1. The highest BCUT2D eigenvalue weighted by Gasteiger charge is 2.39. The number of esters is 1. The zero-order valence-electron chi connectivity index (χ0n) is 19.3. The number of benzene rings is 1. The fourth-order valence-corrected chi connectivity index (χ4v) is 2.36. The van der Waals surface area contributed by atoms with Gasteiger partial charge < -0.3 is 24.8 Å². The number of carbonyl (C=O) groups excluding carboxylic acids is 3. The molecule has 0 unspecified atom stereocenters. The molecule has 0 aliphatic heterocycles. The van der Waals surface area contributed by atoms with Gasteiger partial charge in [-0.05, 0) is 47.1 Å². The average Bonchev–Trinajstić information content (AvgIpc) is 2.62.